The minimum Gasteiger partial charge on any atom is -0.367 e. The molecular weight excluding hydrogens is 126 g/mol. The zero-order chi connectivity index (χ0) is 6.97. The molecule has 0 unspecified atom stereocenters. The molecule has 10 heavy (non-hydrogen) atoms. The minimum absolute atomic E-state index is 0.301. The van der Waals surface area contributed by atoms with Gasteiger partial charge in [0.25, 0.3) is 0 Å². The Labute approximate surface area is 59.5 Å². The van der Waals surface area contributed by atoms with Gasteiger partial charge in [-0.2, -0.15) is 0 Å². The highest BCUT2D eigenvalue weighted by Gasteiger charge is 2.18. The van der Waals surface area contributed by atoms with Crippen molar-refractivity contribution >= 4 is 0 Å². The molecule has 51 valence electrons. The van der Waals surface area contributed by atoms with Gasteiger partial charge in [-0.1, -0.05) is 24.3 Å². The first-order chi connectivity index (χ1) is 4.88. The second-order valence-electron chi connectivity index (χ2n) is 2.36. The van der Waals surface area contributed by atoms with Crippen molar-refractivity contribution in [2.45, 2.75) is 6.54 Å². The van der Waals surface area contributed by atoms with Crippen LogP contribution in [0, 0.1) is 6.23 Å². The number of benzene rings is 1. The molecule has 1 aliphatic heterocycles. The molecule has 2 nitrogen and oxygen atoms in total. The molecule has 2 heteroatoms. The fraction of sp³-hybridized carbons (Fsp3) is 0.125. The summed E-state index contributed by atoms with van der Waals surface area (Å²) in [6.45, 7) is 0.752. The van der Waals surface area contributed by atoms with Gasteiger partial charge in [0.1, 0.15) is 0 Å². The van der Waals surface area contributed by atoms with Gasteiger partial charge in [0.2, 0.25) is 0 Å². The Kier molecular flexibility index (Phi) is 1.22. The fourth-order valence-electron chi connectivity index (χ4n) is 1.18. The van der Waals surface area contributed by atoms with Crippen LogP contribution in [0.3, 0.4) is 0 Å². The molecular formula is C8H8NO. The SMILES string of the molecule is O[C]1NCc2ccccc21. The number of aliphatic hydroxyl groups is 1. The number of rotatable bonds is 0. The Balaban J connectivity index is 2.51. The molecule has 0 atom stereocenters. The molecule has 0 saturated heterocycles. The third-order valence-corrected chi connectivity index (χ3v) is 1.72. The van der Waals surface area contributed by atoms with E-state index in [2.05, 4.69) is 5.32 Å². The van der Waals surface area contributed by atoms with Crippen LogP contribution in [0.1, 0.15) is 11.1 Å². The first kappa shape index (κ1) is 5.89. The van der Waals surface area contributed by atoms with Crippen LogP contribution in [-0.4, -0.2) is 5.11 Å². The van der Waals surface area contributed by atoms with E-state index in [0.717, 1.165) is 12.1 Å². The minimum atomic E-state index is 0.301. The van der Waals surface area contributed by atoms with Crippen LogP contribution >= 0.6 is 0 Å². The molecule has 0 saturated carbocycles. The molecule has 1 heterocycles. The standard InChI is InChI=1S/C8H8NO/c10-8-7-4-2-1-3-6(7)5-9-8/h1-4,9-10H,5H2. The first-order valence-corrected chi connectivity index (χ1v) is 3.26. The van der Waals surface area contributed by atoms with Gasteiger partial charge in [-0.3, -0.25) is 5.32 Å². The summed E-state index contributed by atoms with van der Waals surface area (Å²) < 4.78 is 0. The average Bonchev–Trinajstić information content (AvgIpc) is 2.34. The predicted molar refractivity (Wildman–Crippen MR) is 37.6 cm³/mol. The van der Waals surface area contributed by atoms with Gasteiger partial charge in [0.05, 0.1) is 0 Å². The van der Waals surface area contributed by atoms with E-state index in [0.29, 0.717) is 6.23 Å². The Morgan fingerprint density at radius 3 is 2.90 bits per heavy atom. The van der Waals surface area contributed by atoms with Crippen molar-refractivity contribution in [3.63, 3.8) is 0 Å². The number of hydrogen-bond acceptors (Lipinski definition) is 2. The van der Waals surface area contributed by atoms with Crippen molar-refractivity contribution in [2.24, 2.45) is 0 Å². The van der Waals surface area contributed by atoms with Crippen LogP contribution in [0.2, 0.25) is 0 Å². The number of hydrogen-bond donors (Lipinski definition) is 2. The quantitative estimate of drug-likeness (QED) is 0.554. The molecule has 0 spiro atoms. The fourth-order valence-corrected chi connectivity index (χ4v) is 1.18. The zero-order valence-corrected chi connectivity index (χ0v) is 5.46. The van der Waals surface area contributed by atoms with Gasteiger partial charge in [-0.05, 0) is 5.56 Å². The Bertz CT molecular complexity index is 247. The van der Waals surface area contributed by atoms with Gasteiger partial charge in [0.15, 0.2) is 6.23 Å². The zero-order valence-electron chi connectivity index (χ0n) is 5.46. The highest BCUT2D eigenvalue weighted by Crippen LogP contribution is 2.20. The van der Waals surface area contributed by atoms with Crippen molar-refractivity contribution in [3.05, 3.63) is 41.6 Å². The topological polar surface area (TPSA) is 32.3 Å². The third kappa shape index (κ3) is 0.735. The Hall–Kier alpha value is -0.860. The highest BCUT2D eigenvalue weighted by molar-refractivity contribution is 5.38. The second kappa shape index (κ2) is 2.08. The summed E-state index contributed by atoms with van der Waals surface area (Å²) in [6, 6.07) is 7.80. The van der Waals surface area contributed by atoms with Crippen LogP contribution < -0.4 is 5.32 Å². The van der Waals surface area contributed by atoms with Crippen LogP contribution in [0.5, 0.6) is 0 Å². The molecule has 1 aliphatic rings. The van der Waals surface area contributed by atoms with Crippen molar-refractivity contribution < 1.29 is 5.11 Å². The molecule has 0 amide bonds. The van der Waals surface area contributed by atoms with E-state index in [9.17, 15) is 5.11 Å². The van der Waals surface area contributed by atoms with Gasteiger partial charge >= 0.3 is 0 Å². The lowest BCUT2D eigenvalue weighted by Gasteiger charge is -1.98. The van der Waals surface area contributed by atoms with Gasteiger partial charge in [-0.15, -0.1) is 0 Å². The summed E-state index contributed by atoms with van der Waals surface area (Å²) in [5.41, 5.74) is 2.10. The van der Waals surface area contributed by atoms with E-state index in [1.807, 2.05) is 24.3 Å². The van der Waals surface area contributed by atoms with Crippen LogP contribution in [-0.2, 0) is 6.54 Å². The third-order valence-electron chi connectivity index (χ3n) is 1.72. The van der Waals surface area contributed by atoms with Crippen LogP contribution in [0.15, 0.2) is 24.3 Å². The maximum absolute atomic E-state index is 9.19. The maximum atomic E-state index is 9.19. The normalized spacial score (nSPS) is 17.3. The molecule has 1 aromatic carbocycles. The van der Waals surface area contributed by atoms with Gasteiger partial charge in [-0.25, -0.2) is 0 Å². The van der Waals surface area contributed by atoms with E-state index in [1.54, 1.807) is 0 Å². The summed E-state index contributed by atoms with van der Waals surface area (Å²) in [5.74, 6) is 0. The van der Waals surface area contributed by atoms with Gasteiger partial charge < -0.3 is 5.11 Å². The van der Waals surface area contributed by atoms with E-state index in [1.165, 1.54) is 5.56 Å². The lowest BCUT2D eigenvalue weighted by atomic mass is 10.1. The molecule has 0 aliphatic carbocycles. The Morgan fingerprint density at radius 2 is 2.10 bits per heavy atom. The van der Waals surface area contributed by atoms with E-state index in [-0.39, 0.29) is 0 Å². The molecule has 0 bridgehead atoms. The molecule has 0 aromatic heterocycles. The maximum Gasteiger partial charge on any atom is 0.190 e. The monoisotopic (exact) mass is 134 g/mol. The average molecular weight is 134 g/mol. The van der Waals surface area contributed by atoms with E-state index < -0.39 is 0 Å². The van der Waals surface area contributed by atoms with Crippen molar-refractivity contribution in [3.8, 4) is 0 Å². The Morgan fingerprint density at radius 1 is 1.30 bits per heavy atom. The molecule has 2 N–H and O–H groups in total. The lowest BCUT2D eigenvalue weighted by molar-refractivity contribution is 0.299. The number of fused-ring (bicyclic) bond motifs is 1. The number of aliphatic hydroxyl groups excluding tert-OH is 1. The highest BCUT2D eigenvalue weighted by atomic mass is 16.3. The molecule has 0 fully saturated rings. The van der Waals surface area contributed by atoms with Crippen molar-refractivity contribution in [1.29, 1.82) is 0 Å². The summed E-state index contributed by atoms with van der Waals surface area (Å²) in [4.78, 5) is 0. The molecule has 1 radical (unpaired) electrons. The summed E-state index contributed by atoms with van der Waals surface area (Å²) in [5, 5.41) is 12.0. The van der Waals surface area contributed by atoms with Crippen molar-refractivity contribution in [2.75, 3.05) is 0 Å². The lowest BCUT2D eigenvalue weighted by Crippen LogP contribution is -2.11. The van der Waals surface area contributed by atoms with E-state index in [4.69, 9.17) is 0 Å². The largest absolute Gasteiger partial charge is 0.367 e. The van der Waals surface area contributed by atoms with Crippen LogP contribution in [0.4, 0.5) is 0 Å². The molecule has 2 rings (SSSR count). The number of nitrogens with one attached hydrogen (secondary N) is 1. The first-order valence-electron chi connectivity index (χ1n) is 3.26. The summed E-state index contributed by atoms with van der Waals surface area (Å²) >= 11 is 0. The second-order valence-corrected chi connectivity index (χ2v) is 2.36. The van der Waals surface area contributed by atoms with Crippen molar-refractivity contribution in [1.82, 2.24) is 5.32 Å². The van der Waals surface area contributed by atoms with E-state index >= 15 is 0 Å². The smallest absolute Gasteiger partial charge is 0.190 e. The predicted octanol–water partition coefficient (Wildman–Crippen LogP) is 1.000. The van der Waals surface area contributed by atoms with Crippen LogP contribution in [0.25, 0.3) is 0 Å². The summed E-state index contributed by atoms with van der Waals surface area (Å²) in [6.07, 6.45) is 0.301. The van der Waals surface area contributed by atoms with Gasteiger partial charge in [0, 0.05) is 12.1 Å². The summed E-state index contributed by atoms with van der Waals surface area (Å²) in [7, 11) is 0. The molecule has 1 aromatic rings.